The molecule has 0 radical (unpaired) electrons. The third kappa shape index (κ3) is 2.31. The topological polar surface area (TPSA) is 47.9 Å². The second-order valence-electron chi connectivity index (χ2n) is 4.78. The van der Waals surface area contributed by atoms with Crippen molar-refractivity contribution in [3.05, 3.63) is 23.8 Å². The van der Waals surface area contributed by atoms with E-state index in [4.69, 9.17) is 14.2 Å². The van der Waals surface area contributed by atoms with E-state index in [0.29, 0.717) is 23.7 Å². The maximum atomic E-state index is 10.6. The van der Waals surface area contributed by atoms with Crippen molar-refractivity contribution < 1.29 is 19.3 Å². The van der Waals surface area contributed by atoms with Gasteiger partial charge in [0.2, 0.25) is 0 Å². The first-order valence-corrected chi connectivity index (χ1v) is 6.14. The van der Waals surface area contributed by atoms with E-state index < -0.39 is 11.7 Å². The number of methoxy groups -OCH3 is 2. The number of aliphatic hydroxyl groups excluding tert-OH is 1. The Balaban J connectivity index is 2.35. The molecule has 2 rings (SSSR count). The van der Waals surface area contributed by atoms with Gasteiger partial charge in [-0.25, -0.2) is 0 Å². The van der Waals surface area contributed by atoms with Crippen LogP contribution in [0.1, 0.15) is 31.4 Å². The van der Waals surface area contributed by atoms with E-state index in [0.717, 1.165) is 12.8 Å². The molecule has 0 saturated carbocycles. The highest BCUT2D eigenvalue weighted by molar-refractivity contribution is 5.42. The summed E-state index contributed by atoms with van der Waals surface area (Å²) in [6, 6.07) is 5.42. The average molecular weight is 252 g/mol. The number of rotatable bonds is 4. The second kappa shape index (κ2) is 5.16. The van der Waals surface area contributed by atoms with Gasteiger partial charge in [-0.3, -0.25) is 0 Å². The van der Waals surface area contributed by atoms with E-state index in [-0.39, 0.29) is 0 Å². The molecule has 4 heteroatoms. The molecule has 2 atom stereocenters. The molecule has 1 saturated heterocycles. The molecule has 2 unspecified atom stereocenters. The van der Waals surface area contributed by atoms with Crippen LogP contribution >= 0.6 is 0 Å². The predicted molar refractivity (Wildman–Crippen MR) is 68.1 cm³/mol. The second-order valence-corrected chi connectivity index (χ2v) is 4.78. The molecule has 0 aliphatic carbocycles. The largest absolute Gasteiger partial charge is 0.497 e. The highest BCUT2D eigenvalue weighted by atomic mass is 16.5. The molecule has 1 aromatic rings. The van der Waals surface area contributed by atoms with Gasteiger partial charge in [0.15, 0.2) is 0 Å². The Morgan fingerprint density at radius 1 is 1.33 bits per heavy atom. The molecular formula is C14H20O4. The van der Waals surface area contributed by atoms with Crippen LogP contribution in [-0.2, 0) is 4.74 Å². The molecule has 0 amide bonds. The summed E-state index contributed by atoms with van der Waals surface area (Å²) in [6.45, 7) is 2.63. The number of ether oxygens (including phenoxy) is 3. The first-order chi connectivity index (χ1) is 8.60. The highest BCUT2D eigenvalue weighted by Crippen LogP contribution is 2.41. The number of aliphatic hydroxyl groups is 1. The van der Waals surface area contributed by atoms with Gasteiger partial charge < -0.3 is 19.3 Å². The van der Waals surface area contributed by atoms with Gasteiger partial charge in [-0.2, -0.15) is 0 Å². The average Bonchev–Trinajstić information content (AvgIpc) is 2.85. The molecule has 1 N–H and O–H groups in total. The Morgan fingerprint density at radius 2 is 2.11 bits per heavy atom. The molecule has 1 aliphatic heterocycles. The van der Waals surface area contributed by atoms with Crippen LogP contribution in [0.5, 0.6) is 11.5 Å². The van der Waals surface area contributed by atoms with Crippen molar-refractivity contribution in [2.75, 3.05) is 20.8 Å². The zero-order valence-electron chi connectivity index (χ0n) is 11.1. The fourth-order valence-corrected chi connectivity index (χ4v) is 2.40. The molecule has 0 aromatic heterocycles. The lowest BCUT2D eigenvalue weighted by Gasteiger charge is -2.30. The Kier molecular flexibility index (Phi) is 3.78. The Bertz CT molecular complexity index is 410. The van der Waals surface area contributed by atoms with Crippen LogP contribution in [0.4, 0.5) is 0 Å². The van der Waals surface area contributed by atoms with Gasteiger partial charge in [0.25, 0.3) is 0 Å². The zero-order chi connectivity index (χ0) is 13.2. The van der Waals surface area contributed by atoms with Crippen molar-refractivity contribution in [3.8, 4) is 11.5 Å². The predicted octanol–water partition coefficient (Wildman–Crippen LogP) is 2.31. The van der Waals surface area contributed by atoms with E-state index in [9.17, 15) is 5.11 Å². The monoisotopic (exact) mass is 252 g/mol. The summed E-state index contributed by atoms with van der Waals surface area (Å²) in [4.78, 5) is 0. The van der Waals surface area contributed by atoms with Gasteiger partial charge in [-0.05, 0) is 38.0 Å². The Hall–Kier alpha value is -1.26. The maximum Gasteiger partial charge on any atom is 0.125 e. The third-order valence-corrected chi connectivity index (χ3v) is 3.56. The molecule has 1 fully saturated rings. The lowest BCUT2D eigenvalue weighted by atomic mass is 9.89. The van der Waals surface area contributed by atoms with Gasteiger partial charge >= 0.3 is 0 Å². The summed E-state index contributed by atoms with van der Waals surface area (Å²) in [5.41, 5.74) is 0.167. The summed E-state index contributed by atoms with van der Waals surface area (Å²) in [7, 11) is 3.20. The van der Waals surface area contributed by atoms with Gasteiger partial charge in [-0.1, -0.05) is 0 Å². The lowest BCUT2D eigenvalue weighted by Crippen LogP contribution is -2.32. The molecule has 100 valence electrons. The van der Waals surface area contributed by atoms with Gasteiger partial charge in [0.1, 0.15) is 17.6 Å². The molecule has 1 heterocycles. The van der Waals surface area contributed by atoms with Crippen LogP contribution in [-0.4, -0.2) is 31.5 Å². The molecule has 18 heavy (non-hydrogen) atoms. The van der Waals surface area contributed by atoms with Crippen LogP contribution in [0.25, 0.3) is 0 Å². The fourth-order valence-electron chi connectivity index (χ4n) is 2.40. The smallest absolute Gasteiger partial charge is 0.125 e. The first kappa shape index (κ1) is 13.2. The van der Waals surface area contributed by atoms with E-state index in [2.05, 4.69) is 0 Å². The standard InChI is InChI=1S/C14H20O4/c1-14(7-4-8-18-14)13(15)11-9-10(16-2)5-6-12(11)17-3/h5-6,9,13,15H,4,7-8H2,1-3H3. The molecule has 1 aromatic carbocycles. The number of benzene rings is 1. The van der Waals surface area contributed by atoms with Gasteiger partial charge in [0.05, 0.1) is 19.8 Å². The van der Waals surface area contributed by atoms with Crippen molar-refractivity contribution in [1.29, 1.82) is 0 Å². The van der Waals surface area contributed by atoms with Crippen molar-refractivity contribution in [2.24, 2.45) is 0 Å². The van der Waals surface area contributed by atoms with E-state index in [1.165, 1.54) is 0 Å². The van der Waals surface area contributed by atoms with E-state index in [1.54, 1.807) is 26.4 Å². The van der Waals surface area contributed by atoms with Crippen LogP contribution in [0.3, 0.4) is 0 Å². The Labute approximate surface area is 107 Å². The minimum absolute atomic E-state index is 0.542. The van der Waals surface area contributed by atoms with Crippen LogP contribution in [0, 0.1) is 0 Å². The van der Waals surface area contributed by atoms with Crippen molar-refractivity contribution >= 4 is 0 Å². The summed E-state index contributed by atoms with van der Waals surface area (Å²) in [5, 5.41) is 10.6. The van der Waals surface area contributed by atoms with Crippen molar-refractivity contribution in [3.63, 3.8) is 0 Å². The minimum Gasteiger partial charge on any atom is -0.497 e. The normalized spacial score (nSPS) is 24.9. The molecule has 0 spiro atoms. The van der Waals surface area contributed by atoms with Crippen LogP contribution in [0.15, 0.2) is 18.2 Å². The molecular weight excluding hydrogens is 232 g/mol. The zero-order valence-corrected chi connectivity index (χ0v) is 11.1. The lowest BCUT2D eigenvalue weighted by molar-refractivity contribution is -0.0803. The van der Waals surface area contributed by atoms with Gasteiger partial charge in [-0.15, -0.1) is 0 Å². The van der Waals surface area contributed by atoms with Crippen molar-refractivity contribution in [2.45, 2.75) is 31.5 Å². The molecule has 1 aliphatic rings. The SMILES string of the molecule is COc1ccc(OC)c(C(O)C2(C)CCCO2)c1. The van der Waals surface area contributed by atoms with Crippen LogP contribution < -0.4 is 9.47 Å². The summed E-state index contributed by atoms with van der Waals surface area (Å²) >= 11 is 0. The minimum atomic E-state index is -0.718. The third-order valence-electron chi connectivity index (χ3n) is 3.56. The first-order valence-electron chi connectivity index (χ1n) is 6.14. The summed E-state index contributed by atoms with van der Waals surface area (Å²) in [6.07, 6.45) is 1.10. The fraction of sp³-hybridized carbons (Fsp3) is 0.571. The van der Waals surface area contributed by atoms with Crippen molar-refractivity contribution in [1.82, 2.24) is 0 Å². The number of hydrogen-bond donors (Lipinski definition) is 1. The van der Waals surface area contributed by atoms with E-state index in [1.807, 2.05) is 13.0 Å². The van der Waals surface area contributed by atoms with Gasteiger partial charge in [0, 0.05) is 12.2 Å². The van der Waals surface area contributed by atoms with E-state index >= 15 is 0 Å². The summed E-state index contributed by atoms with van der Waals surface area (Å²) in [5.74, 6) is 1.35. The number of hydrogen-bond acceptors (Lipinski definition) is 4. The van der Waals surface area contributed by atoms with Crippen LogP contribution in [0.2, 0.25) is 0 Å². The molecule has 4 nitrogen and oxygen atoms in total. The highest BCUT2D eigenvalue weighted by Gasteiger charge is 2.39. The quantitative estimate of drug-likeness (QED) is 0.893. The summed E-state index contributed by atoms with van der Waals surface area (Å²) < 4.78 is 16.2. The molecule has 0 bridgehead atoms. The maximum absolute atomic E-state index is 10.6. The Morgan fingerprint density at radius 3 is 2.67 bits per heavy atom.